The molecule has 0 radical (unpaired) electrons. The Kier molecular flexibility index (Phi) is 8.08. The third-order valence-electron chi connectivity index (χ3n) is 12.2. The molecule has 1 atom stereocenters. The van der Waals surface area contributed by atoms with Crippen molar-refractivity contribution in [3.05, 3.63) is 88.5 Å². The predicted molar refractivity (Wildman–Crippen MR) is 175 cm³/mol. The fraction of sp³-hybridized carbons (Fsp3) is 0.526. The topological polar surface area (TPSA) is 105 Å². The van der Waals surface area contributed by atoms with Gasteiger partial charge in [0, 0.05) is 56.6 Å². The van der Waals surface area contributed by atoms with Crippen LogP contribution in [0.25, 0.3) is 0 Å². The number of carbonyl (C=O) groups is 3. The van der Waals surface area contributed by atoms with Crippen LogP contribution in [0.3, 0.4) is 0 Å². The number of hydrogen-bond acceptors (Lipinski definition) is 5. The molecule has 2 bridgehead atoms. The smallest absolute Gasteiger partial charge is 0.336 e. The SMILES string of the molecule is O=C(O)c1c(COC[C@@H]2CN(C(=O)c3cnn(Cc4ccc(F)cc4)c3)CC23CN(C(=O)C24CC(C2)C4)C3)cccc1C1CCC(F)(F)CC1. The van der Waals surface area contributed by atoms with Crippen molar-refractivity contribution in [1.29, 1.82) is 0 Å². The largest absolute Gasteiger partial charge is 0.478 e. The molecule has 50 heavy (non-hydrogen) atoms. The first kappa shape index (κ1) is 33.0. The molecule has 1 N–H and O–H groups in total. The molecule has 9 rings (SSSR count). The molecule has 4 saturated carbocycles. The summed E-state index contributed by atoms with van der Waals surface area (Å²) in [5.41, 5.74) is 1.96. The highest BCUT2D eigenvalue weighted by Crippen LogP contribution is 2.66. The molecule has 2 saturated heterocycles. The van der Waals surface area contributed by atoms with Crippen molar-refractivity contribution in [3.63, 3.8) is 0 Å². The molecule has 2 amide bonds. The molecule has 2 aromatic carbocycles. The summed E-state index contributed by atoms with van der Waals surface area (Å²) in [7, 11) is 0. The Morgan fingerprint density at radius 3 is 2.32 bits per heavy atom. The minimum absolute atomic E-state index is 0.0299. The number of carboxylic acid groups (broad SMARTS) is 1. The molecule has 264 valence electrons. The van der Waals surface area contributed by atoms with Gasteiger partial charge in [-0.1, -0.05) is 30.3 Å². The predicted octanol–water partition coefficient (Wildman–Crippen LogP) is 5.98. The van der Waals surface area contributed by atoms with E-state index in [1.54, 1.807) is 46.1 Å². The van der Waals surface area contributed by atoms with E-state index >= 15 is 0 Å². The lowest BCUT2D eigenvalue weighted by Gasteiger charge is -2.64. The van der Waals surface area contributed by atoms with Crippen LogP contribution in [0, 0.1) is 28.5 Å². The number of aromatic nitrogens is 2. The van der Waals surface area contributed by atoms with E-state index in [1.165, 1.54) is 18.3 Å². The van der Waals surface area contributed by atoms with Crippen LogP contribution in [-0.2, 0) is 22.7 Å². The normalized spacial score (nSPS) is 26.3. The van der Waals surface area contributed by atoms with Crippen molar-refractivity contribution in [2.45, 2.75) is 69.9 Å². The maximum absolute atomic E-state index is 13.9. The van der Waals surface area contributed by atoms with Gasteiger partial charge >= 0.3 is 5.97 Å². The van der Waals surface area contributed by atoms with E-state index in [4.69, 9.17) is 4.74 Å². The van der Waals surface area contributed by atoms with E-state index in [2.05, 4.69) is 5.10 Å². The van der Waals surface area contributed by atoms with E-state index in [0.29, 0.717) is 55.3 Å². The third kappa shape index (κ3) is 5.88. The van der Waals surface area contributed by atoms with Gasteiger partial charge in [-0.15, -0.1) is 0 Å². The van der Waals surface area contributed by atoms with E-state index in [9.17, 15) is 32.7 Å². The van der Waals surface area contributed by atoms with Crippen LogP contribution >= 0.6 is 0 Å². The molecule has 4 aliphatic carbocycles. The molecule has 12 heteroatoms. The van der Waals surface area contributed by atoms with Gasteiger partial charge in [0.25, 0.3) is 5.91 Å². The van der Waals surface area contributed by atoms with Crippen molar-refractivity contribution in [1.82, 2.24) is 19.6 Å². The summed E-state index contributed by atoms with van der Waals surface area (Å²) in [6.45, 7) is 2.65. The van der Waals surface area contributed by atoms with Crippen molar-refractivity contribution >= 4 is 17.8 Å². The molecule has 6 aliphatic rings. The first-order valence-corrected chi connectivity index (χ1v) is 17.6. The average molecular weight is 691 g/mol. The standard InChI is InChI=1S/C38H41F3N4O5/c39-30-6-4-24(5-7-30)16-45-17-28(15-42-45)33(46)43-18-29(37(21-43)22-44(23-37)35(49)36-12-25(13-36)14-36)20-50-19-27-2-1-3-31(32(27)34(47)48)26-8-10-38(40,41)11-9-26/h1-7,15,17,25-26,29H,8-14,16,18-23H2,(H,47,48)/t25?,29-,36?/m0/s1. The molecule has 3 aromatic rings. The molecule has 2 aliphatic heterocycles. The van der Waals surface area contributed by atoms with Crippen molar-refractivity contribution in [3.8, 4) is 0 Å². The van der Waals surface area contributed by atoms with E-state index in [-0.39, 0.29) is 84.8 Å². The molecule has 1 spiro atoms. The summed E-state index contributed by atoms with van der Waals surface area (Å²) in [4.78, 5) is 43.4. The fourth-order valence-electron chi connectivity index (χ4n) is 9.23. The van der Waals surface area contributed by atoms with Crippen LogP contribution < -0.4 is 0 Å². The van der Waals surface area contributed by atoms with Crippen molar-refractivity contribution in [2.75, 3.05) is 32.8 Å². The zero-order chi connectivity index (χ0) is 34.8. The Labute approximate surface area is 288 Å². The lowest BCUT2D eigenvalue weighted by Crippen LogP contribution is -2.69. The Bertz CT molecular complexity index is 1790. The number of hydrogen-bond donors (Lipinski definition) is 1. The molecule has 9 nitrogen and oxygen atoms in total. The second kappa shape index (κ2) is 12.2. The summed E-state index contributed by atoms with van der Waals surface area (Å²) >= 11 is 0. The van der Waals surface area contributed by atoms with Crippen molar-refractivity contribution < 1.29 is 37.4 Å². The molecule has 1 aromatic heterocycles. The van der Waals surface area contributed by atoms with Gasteiger partial charge in [-0.25, -0.2) is 18.0 Å². The van der Waals surface area contributed by atoms with Crippen LogP contribution in [0.15, 0.2) is 54.9 Å². The quantitative estimate of drug-likeness (QED) is 0.281. The number of carbonyl (C=O) groups excluding carboxylic acids is 2. The molecule has 0 unspecified atom stereocenters. The Hall–Kier alpha value is -4.19. The summed E-state index contributed by atoms with van der Waals surface area (Å²) in [5, 5.41) is 14.6. The van der Waals surface area contributed by atoms with E-state index in [1.807, 2.05) is 4.90 Å². The van der Waals surface area contributed by atoms with Gasteiger partial charge in [0.1, 0.15) is 5.82 Å². The van der Waals surface area contributed by atoms with Gasteiger partial charge in [0.15, 0.2) is 0 Å². The third-order valence-corrected chi connectivity index (χ3v) is 12.2. The number of amides is 2. The number of rotatable bonds is 10. The molecular formula is C38H41F3N4O5. The van der Waals surface area contributed by atoms with Gasteiger partial charge in [0.05, 0.1) is 42.5 Å². The second-order valence-electron chi connectivity index (χ2n) is 15.5. The lowest BCUT2D eigenvalue weighted by molar-refractivity contribution is -0.190. The summed E-state index contributed by atoms with van der Waals surface area (Å²) in [6.07, 6.45) is 6.10. The number of aromatic carboxylic acids is 1. The maximum Gasteiger partial charge on any atom is 0.336 e. The monoisotopic (exact) mass is 690 g/mol. The van der Waals surface area contributed by atoms with Crippen LogP contribution in [0.1, 0.15) is 88.3 Å². The Morgan fingerprint density at radius 2 is 1.66 bits per heavy atom. The van der Waals surface area contributed by atoms with E-state index < -0.39 is 11.9 Å². The second-order valence-corrected chi connectivity index (χ2v) is 15.5. The zero-order valence-electron chi connectivity index (χ0n) is 27.8. The summed E-state index contributed by atoms with van der Waals surface area (Å²) in [5.74, 6) is -3.73. The number of carboxylic acids is 1. The average Bonchev–Trinajstić information content (AvgIpc) is 3.65. The molecule has 6 fully saturated rings. The highest BCUT2D eigenvalue weighted by molar-refractivity contribution is 5.94. The van der Waals surface area contributed by atoms with Gasteiger partial charge in [-0.3, -0.25) is 14.3 Å². The van der Waals surface area contributed by atoms with Gasteiger partial charge in [0.2, 0.25) is 11.8 Å². The van der Waals surface area contributed by atoms with Crippen LogP contribution in [0.4, 0.5) is 13.2 Å². The maximum atomic E-state index is 13.9. The fourth-order valence-corrected chi connectivity index (χ4v) is 9.23. The summed E-state index contributed by atoms with van der Waals surface area (Å²) in [6, 6.07) is 11.3. The Balaban J connectivity index is 0.962. The first-order chi connectivity index (χ1) is 23.9. The number of alkyl halides is 2. The minimum Gasteiger partial charge on any atom is -0.478 e. The van der Waals surface area contributed by atoms with Crippen LogP contribution in [-0.4, -0.2) is 81.2 Å². The molecular weight excluding hydrogens is 649 g/mol. The first-order valence-electron chi connectivity index (χ1n) is 17.6. The lowest BCUT2D eigenvalue weighted by atomic mass is 9.43. The number of nitrogens with zero attached hydrogens (tertiary/aromatic N) is 4. The van der Waals surface area contributed by atoms with Crippen molar-refractivity contribution in [2.24, 2.45) is 22.7 Å². The number of ether oxygens (including phenoxy) is 1. The Morgan fingerprint density at radius 1 is 0.960 bits per heavy atom. The molecule has 3 heterocycles. The zero-order valence-corrected chi connectivity index (χ0v) is 27.8. The van der Waals surface area contributed by atoms with Gasteiger partial charge in [-0.05, 0) is 72.8 Å². The van der Waals surface area contributed by atoms with E-state index in [0.717, 1.165) is 24.8 Å². The minimum atomic E-state index is -2.71. The number of likely N-dealkylation sites (tertiary alicyclic amines) is 2. The number of halogens is 3. The summed E-state index contributed by atoms with van der Waals surface area (Å²) < 4.78 is 49.0. The number of benzene rings is 2. The van der Waals surface area contributed by atoms with Crippen LogP contribution in [0.2, 0.25) is 0 Å². The van der Waals surface area contributed by atoms with Crippen LogP contribution in [0.5, 0.6) is 0 Å². The highest BCUT2D eigenvalue weighted by Gasteiger charge is 2.65. The highest BCUT2D eigenvalue weighted by atomic mass is 19.3. The van der Waals surface area contributed by atoms with Gasteiger partial charge in [-0.2, -0.15) is 5.10 Å². The van der Waals surface area contributed by atoms with Gasteiger partial charge < -0.3 is 19.6 Å².